The van der Waals surface area contributed by atoms with Crippen LogP contribution in [0.3, 0.4) is 0 Å². The van der Waals surface area contributed by atoms with Gasteiger partial charge in [-0.1, -0.05) is 0 Å². The number of amides is 3. The van der Waals surface area contributed by atoms with Crippen LogP contribution < -0.4 is 5.32 Å². The number of hydrogen-bond acceptors (Lipinski definition) is 4. The first-order valence-electron chi connectivity index (χ1n) is 10.2. The van der Waals surface area contributed by atoms with Crippen LogP contribution in [0.25, 0.3) is 11.2 Å². The summed E-state index contributed by atoms with van der Waals surface area (Å²) in [6.45, 7) is 7.27. The smallest absolute Gasteiger partial charge is 0.319 e. The highest BCUT2D eigenvalue weighted by Crippen LogP contribution is 2.18. The SMILES string of the molecule is CC(C)n1cnc2cc(C(=O)NC3CCN(C(=O)N4CCCC4)CC3)cnc21. The van der Waals surface area contributed by atoms with Gasteiger partial charge in [-0.2, -0.15) is 0 Å². The number of piperidine rings is 1. The summed E-state index contributed by atoms with van der Waals surface area (Å²) in [5, 5.41) is 3.09. The molecule has 28 heavy (non-hydrogen) atoms. The van der Waals surface area contributed by atoms with E-state index in [-0.39, 0.29) is 24.0 Å². The quantitative estimate of drug-likeness (QED) is 0.881. The molecule has 0 spiro atoms. The highest BCUT2D eigenvalue weighted by Gasteiger charge is 2.28. The molecule has 2 fully saturated rings. The Morgan fingerprint density at radius 2 is 1.75 bits per heavy atom. The van der Waals surface area contributed by atoms with E-state index in [4.69, 9.17) is 0 Å². The summed E-state index contributed by atoms with van der Waals surface area (Å²) in [5.74, 6) is -0.127. The maximum atomic E-state index is 12.6. The Bertz CT molecular complexity index is 863. The Labute approximate surface area is 164 Å². The molecule has 0 bridgehead atoms. The highest BCUT2D eigenvalue weighted by molar-refractivity contribution is 5.96. The lowest BCUT2D eigenvalue weighted by molar-refractivity contribution is 0.0912. The Hall–Kier alpha value is -2.64. The largest absolute Gasteiger partial charge is 0.349 e. The van der Waals surface area contributed by atoms with Gasteiger partial charge in [-0.15, -0.1) is 0 Å². The summed E-state index contributed by atoms with van der Waals surface area (Å²) < 4.78 is 1.99. The molecule has 150 valence electrons. The van der Waals surface area contributed by atoms with Gasteiger partial charge in [0, 0.05) is 44.5 Å². The maximum Gasteiger partial charge on any atom is 0.319 e. The molecule has 0 unspecified atom stereocenters. The average Bonchev–Trinajstić information content (AvgIpc) is 3.37. The number of nitrogens with zero attached hydrogens (tertiary/aromatic N) is 5. The van der Waals surface area contributed by atoms with Crippen LogP contribution in [-0.4, -0.2) is 68.5 Å². The molecule has 0 radical (unpaired) electrons. The summed E-state index contributed by atoms with van der Waals surface area (Å²) >= 11 is 0. The minimum atomic E-state index is -0.127. The molecule has 2 aliphatic heterocycles. The molecular formula is C20H28N6O2. The number of likely N-dealkylation sites (tertiary alicyclic amines) is 2. The zero-order valence-corrected chi connectivity index (χ0v) is 16.6. The number of carbonyl (C=O) groups excluding carboxylic acids is 2. The number of imidazole rings is 1. The summed E-state index contributed by atoms with van der Waals surface area (Å²) in [4.78, 5) is 37.8. The zero-order chi connectivity index (χ0) is 19.7. The van der Waals surface area contributed by atoms with Gasteiger partial charge in [0.25, 0.3) is 5.91 Å². The number of urea groups is 1. The van der Waals surface area contributed by atoms with E-state index in [2.05, 4.69) is 29.1 Å². The molecule has 0 atom stereocenters. The van der Waals surface area contributed by atoms with Crippen molar-refractivity contribution in [1.82, 2.24) is 29.7 Å². The lowest BCUT2D eigenvalue weighted by Crippen LogP contribution is -2.50. The lowest BCUT2D eigenvalue weighted by Gasteiger charge is -2.34. The second-order valence-electron chi connectivity index (χ2n) is 8.02. The number of aromatic nitrogens is 3. The summed E-state index contributed by atoms with van der Waals surface area (Å²) in [6.07, 6.45) is 7.14. The summed E-state index contributed by atoms with van der Waals surface area (Å²) in [6, 6.07) is 2.30. The average molecular weight is 384 g/mol. The van der Waals surface area contributed by atoms with Crippen LogP contribution in [0.15, 0.2) is 18.6 Å². The molecule has 4 rings (SSSR count). The van der Waals surface area contributed by atoms with E-state index in [1.54, 1.807) is 18.6 Å². The predicted octanol–water partition coefficient (Wildman–Crippen LogP) is 2.42. The van der Waals surface area contributed by atoms with Gasteiger partial charge in [0.2, 0.25) is 0 Å². The molecule has 8 nitrogen and oxygen atoms in total. The third kappa shape index (κ3) is 3.68. The minimum Gasteiger partial charge on any atom is -0.349 e. The van der Waals surface area contributed by atoms with Gasteiger partial charge in [0.1, 0.15) is 5.52 Å². The van der Waals surface area contributed by atoms with Crippen molar-refractivity contribution in [2.75, 3.05) is 26.2 Å². The van der Waals surface area contributed by atoms with Gasteiger partial charge in [-0.05, 0) is 45.6 Å². The van der Waals surface area contributed by atoms with E-state index in [9.17, 15) is 9.59 Å². The first-order chi connectivity index (χ1) is 13.5. The van der Waals surface area contributed by atoms with E-state index >= 15 is 0 Å². The van der Waals surface area contributed by atoms with Crippen LogP contribution in [0.5, 0.6) is 0 Å². The Morgan fingerprint density at radius 3 is 2.43 bits per heavy atom. The molecule has 2 saturated heterocycles. The van der Waals surface area contributed by atoms with Gasteiger partial charge < -0.3 is 19.7 Å². The van der Waals surface area contributed by atoms with Crippen molar-refractivity contribution in [2.45, 2.75) is 51.6 Å². The highest BCUT2D eigenvalue weighted by atomic mass is 16.2. The second-order valence-corrected chi connectivity index (χ2v) is 8.02. The van der Waals surface area contributed by atoms with E-state index in [1.807, 2.05) is 14.4 Å². The zero-order valence-electron chi connectivity index (χ0n) is 16.6. The second kappa shape index (κ2) is 7.77. The predicted molar refractivity (Wildman–Crippen MR) is 106 cm³/mol. The Kier molecular flexibility index (Phi) is 5.19. The normalized spacial score (nSPS) is 18.2. The van der Waals surface area contributed by atoms with Crippen LogP contribution in [0.4, 0.5) is 4.79 Å². The number of fused-ring (bicyclic) bond motifs is 1. The van der Waals surface area contributed by atoms with Gasteiger partial charge >= 0.3 is 6.03 Å². The van der Waals surface area contributed by atoms with Crippen LogP contribution in [-0.2, 0) is 0 Å². The molecular weight excluding hydrogens is 356 g/mol. The Balaban J connectivity index is 1.34. The van der Waals surface area contributed by atoms with E-state index in [1.165, 1.54) is 0 Å². The lowest BCUT2D eigenvalue weighted by atomic mass is 10.0. The number of pyridine rings is 1. The maximum absolute atomic E-state index is 12.6. The fourth-order valence-electron chi connectivity index (χ4n) is 4.01. The topological polar surface area (TPSA) is 83.4 Å². The van der Waals surface area contributed by atoms with Crippen LogP contribution in [0, 0.1) is 0 Å². The molecule has 8 heteroatoms. The minimum absolute atomic E-state index is 0.0825. The monoisotopic (exact) mass is 384 g/mol. The van der Waals surface area contributed by atoms with E-state index < -0.39 is 0 Å². The first-order valence-corrected chi connectivity index (χ1v) is 10.2. The number of carbonyl (C=O) groups is 2. The summed E-state index contributed by atoms with van der Waals surface area (Å²) in [7, 11) is 0. The number of hydrogen-bond donors (Lipinski definition) is 1. The molecule has 0 aromatic carbocycles. The van der Waals surface area contributed by atoms with Crippen molar-refractivity contribution in [3.8, 4) is 0 Å². The molecule has 2 aromatic heterocycles. The van der Waals surface area contributed by atoms with Crippen molar-refractivity contribution in [1.29, 1.82) is 0 Å². The molecule has 1 N–H and O–H groups in total. The van der Waals surface area contributed by atoms with Gasteiger partial charge in [0.15, 0.2) is 5.65 Å². The third-order valence-electron chi connectivity index (χ3n) is 5.71. The van der Waals surface area contributed by atoms with Crippen molar-refractivity contribution in [3.63, 3.8) is 0 Å². The van der Waals surface area contributed by atoms with Crippen molar-refractivity contribution < 1.29 is 9.59 Å². The standard InChI is InChI=1S/C20H28N6O2/c1-14(2)26-13-22-17-11-15(12-21-18(17)26)19(27)23-16-5-9-25(10-6-16)20(28)24-7-3-4-8-24/h11-14,16H,3-10H2,1-2H3,(H,23,27). The van der Waals surface area contributed by atoms with Crippen LogP contribution >= 0.6 is 0 Å². The van der Waals surface area contributed by atoms with E-state index in [0.717, 1.165) is 49.9 Å². The third-order valence-corrected chi connectivity index (χ3v) is 5.71. The first kappa shape index (κ1) is 18.7. The fourth-order valence-corrected chi connectivity index (χ4v) is 4.01. The summed E-state index contributed by atoms with van der Waals surface area (Å²) in [5.41, 5.74) is 2.05. The molecule has 3 amide bonds. The van der Waals surface area contributed by atoms with Crippen LogP contribution in [0.2, 0.25) is 0 Å². The van der Waals surface area contributed by atoms with Crippen molar-refractivity contribution in [2.24, 2.45) is 0 Å². The molecule has 4 heterocycles. The number of rotatable bonds is 3. The number of nitrogens with one attached hydrogen (secondary N) is 1. The molecule has 2 aromatic rings. The van der Waals surface area contributed by atoms with Crippen molar-refractivity contribution in [3.05, 3.63) is 24.2 Å². The molecule has 2 aliphatic rings. The van der Waals surface area contributed by atoms with E-state index in [0.29, 0.717) is 18.7 Å². The van der Waals surface area contributed by atoms with Gasteiger partial charge in [0.05, 0.1) is 11.9 Å². The van der Waals surface area contributed by atoms with Crippen molar-refractivity contribution >= 4 is 23.1 Å². The fraction of sp³-hybridized carbons (Fsp3) is 0.600. The molecule has 0 aliphatic carbocycles. The Morgan fingerprint density at radius 1 is 1.07 bits per heavy atom. The van der Waals surface area contributed by atoms with Gasteiger partial charge in [-0.3, -0.25) is 4.79 Å². The van der Waals surface area contributed by atoms with Crippen LogP contribution in [0.1, 0.15) is 55.9 Å². The van der Waals surface area contributed by atoms with Gasteiger partial charge in [-0.25, -0.2) is 14.8 Å². The molecule has 0 saturated carbocycles.